The van der Waals surface area contributed by atoms with Crippen molar-refractivity contribution < 1.29 is 4.79 Å². The lowest BCUT2D eigenvalue weighted by Gasteiger charge is -2.03. The van der Waals surface area contributed by atoms with Gasteiger partial charge in [-0.25, -0.2) is 4.98 Å². The van der Waals surface area contributed by atoms with Gasteiger partial charge in [0.25, 0.3) is 5.91 Å². The molecule has 0 fully saturated rings. The average molecular weight is 322 g/mol. The summed E-state index contributed by atoms with van der Waals surface area (Å²) >= 11 is 1.44. The minimum absolute atomic E-state index is 0.0506. The Hall–Kier alpha value is -2.46. The number of thiazole rings is 1. The molecule has 0 aliphatic heterocycles. The molecule has 0 saturated heterocycles. The fourth-order valence-electron chi connectivity index (χ4n) is 2.29. The zero-order chi connectivity index (χ0) is 16.1. The van der Waals surface area contributed by atoms with Gasteiger partial charge in [0.15, 0.2) is 0 Å². The first kappa shape index (κ1) is 15.4. The van der Waals surface area contributed by atoms with Gasteiger partial charge in [-0.3, -0.25) is 4.79 Å². The summed E-state index contributed by atoms with van der Waals surface area (Å²) in [5, 5.41) is 3.82. The second-order valence-electron chi connectivity index (χ2n) is 5.18. The van der Waals surface area contributed by atoms with Crippen molar-refractivity contribution in [2.45, 2.75) is 13.3 Å². The summed E-state index contributed by atoms with van der Waals surface area (Å²) in [7, 11) is 0. The number of benzene rings is 2. The van der Waals surface area contributed by atoms with Crippen molar-refractivity contribution in [2.24, 2.45) is 0 Å². The van der Waals surface area contributed by atoms with Crippen LogP contribution in [0.4, 0.5) is 0 Å². The first-order valence-corrected chi connectivity index (χ1v) is 8.51. The molecule has 1 N–H and O–H groups in total. The number of carbonyl (C=O) groups excluding carboxylic acids is 1. The summed E-state index contributed by atoms with van der Waals surface area (Å²) in [5.74, 6) is -0.0506. The number of carbonyl (C=O) groups is 1. The van der Waals surface area contributed by atoms with Gasteiger partial charge in [0.05, 0.1) is 5.69 Å². The molecule has 0 unspecified atom stereocenters. The minimum atomic E-state index is -0.0506. The molecule has 0 radical (unpaired) electrons. The van der Waals surface area contributed by atoms with Crippen LogP contribution in [0.15, 0.2) is 60.7 Å². The third-order valence-corrected chi connectivity index (χ3v) is 4.54. The smallest absolute Gasteiger partial charge is 0.263 e. The fourth-order valence-corrected chi connectivity index (χ4v) is 3.30. The van der Waals surface area contributed by atoms with Crippen LogP contribution in [0.2, 0.25) is 0 Å². The monoisotopic (exact) mass is 322 g/mol. The Kier molecular flexibility index (Phi) is 4.83. The number of nitrogens with one attached hydrogen (secondary N) is 1. The maximum Gasteiger partial charge on any atom is 0.263 e. The van der Waals surface area contributed by atoms with E-state index in [-0.39, 0.29) is 5.91 Å². The Morgan fingerprint density at radius 2 is 1.61 bits per heavy atom. The Bertz CT molecular complexity index is 782. The van der Waals surface area contributed by atoms with E-state index in [9.17, 15) is 4.79 Å². The number of nitrogens with zero attached hydrogens (tertiary/aromatic N) is 1. The maximum absolute atomic E-state index is 12.5. The van der Waals surface area contributed by atoms with Crippen LogP contribution in [0.25, 0.3) is 21.8 Å². The van der Waals surface area contributed by atoms with Crippen molar-refractivity contribution in [2.75, 3.05) is 6.54 Å². The lowest BCUT2D eigenvalue weighted by atomic mass is 10.1. The first-order valence-electron chi connectivity index (χ1n) is 7.69. The van der Waals surface area contributed by atoms with Crippen LogP contribution in [0, 0.1) is 0 Å². The molecule has 1 heterocycles. The summed E-state index contributed by atoms with van der Waals surface area (Å²) in [4.78, 5) is 17.9. The van der Waals surface area contributed by atoms with Crippen molar-refractivity contribution in [3.05, 3.63) is 65.5 Å². The molecule has 0 bridgehead atoms. The first-order chi connectivity index (χ1) is 11.3. The van der Waals surface area contributed by atoms with E-state index in [2.05, 4.69) is 5.32 Å². The Labute approximate surface area is 140 Å². The van der Waals surface area contributed by atoms with E-state index >= 15 is 0 Å². The summed E-state index contributed by atoms with van der Waals surface area (Å²) < 4.78 is 0. The molecule has 116 valence electrons. The summed E-state index contributed by atoms with van der Waals surface area (Å²) in [6.07, 6.45) is 0.913. The minimum Gasteiger partial charge on any atom is -0.351 e. The van der Waals surface area contributed by atoms with Crippen molar-refractivity contribution >= 4 is 17.2 Å². The van der Waals surface area contributed by atoms with Gasteiger partial charge >= 0.3 is 0 Å². The molecule has 0 aliphatic carbocycles. The lowest BCUT2D eigenvalue weighted by Crippen LogP contribution is -2.23. The maximum atomic E-state index is 12.5. The zero-order valence-electron chi connectivity index (χ0n) is 13.0. The molecule has 3 rings (SSSR count). The van der Waals surface area contributed by atoms with Gasteiger partial charge in [0.1, 0.15) is 9.88 Å². The fraction of sp³-hybridized carbons (Fsp3) is 0.158. The van der Waals surface area contributed by atoms with Crippen LogP contribution in [-0.4, -0.2) is 17.4 Å². The van der Waals surface area contributed by atoms with Crippen molar-refractivity contribution in [3.63, 3.8) is 0 Å². The molecular weight excluding hydrogens is 304 g/mol. The van der Waals surface area contributed by atoms with Gasteiger partial charge in [-0.15, -0.1) is 11.3 Å². The Morgan fingerprint density at radius 3 is 2.22 bits per heavy atom. The number of hydrogen-bond donors (Lipinski definition) is 1. The normalized spacial score (nSPS) is 10.5. The van der Waals surface area contributed by atoms with Gasteiger partial charge in [0, 0.05) is 17.7 Å². The molecular formula is C19H18N2OS. The van der Waals surface area contributed by atoms with Crippen LogP contribution in [0.1, 0.15) is 23.0 Å². The molecule has 0 atom stereocenters. The highest BCUT2D eigenvalue weighted by atomic mass is 32.1. The van der Waals surface area contributed by atoms with Gasteiger partial charge in [0.2, 0.25) is 0 Å². The van der Waals surface area contributed by atoms with E-state index in [4.69, 9.17) is 4.98 Å². The van der Waals surface area contributed by atoms with Crippen LogP contribution in [-0.2, 0) is 0 Å². The third-order valence-electron chi connectivity index (χ3n) is 3.44. The quantitative estimate of drug-likeness (QED) is 0.745. The summed E-state index contributed by atoms with van der Waals surface area (Å²) in [6.45, 7) is 2.71. The van der Waals surface area contributed by atoms with Crippen LogP contribution in [0.5, 0.6) is 0 Å². The largest absolute Gasteiger partial charge is 0.351 e. The van der Waals surface area contributed by atoms with E-state index in [1.807, 2.05) is 67.6 Å². The highest BCUT2D eigenvalue weighted by Crippen LogP contribution is 2.33. The van der Waals surface area contributed by atoms with E-state index < -0.39 is 0 Å². The molecule has 4 heteroatoms. The van der Waals surface area contributed by atoms with Crippen LogP contribution < -0.4 is 5.32 Å². The predicted octanol–water partition coefficient (Wildman–Crippen LogP) is 4.62. The SMILES string of the molecule is CCCNC(=O)c1sc(-c2ccccc2)nc1-c1ccccc1. The number of amides is 1. The lowest BCUT2D eigenvalue weighted by molar-refractivity contribution is 0.0958. The standard InChI is InChI=1S/C19H18N2OS/c1-2-13-20-18(22)17-16(14-9-5-3-6-10-14)21-19(23-17)15-11-7-4-8-12-15/h3-12H,2,13H2,1H3,(H,20,22). The van der Waals surface area contributed by atoms with E-state index in [0.717, 1.165) is 28.2 Å². The van der Waals surface area contributed by atoms with Gasteiger partial charge in [-0.05, 0) is 6.42 Å². The number of aromatic nitrogens is 1. The van der Waals surface area contributed by atoms with Gasteiger partial charge in [-0.1, -0.05) is 67.6 Å². The summed E-state index contributed by atoms with van der Waals surface area (Å²) in [5.41, 5.74) is 2.75. The van der Waals surface area contributed by atoms with E-state index in [1.54, 1.807) is 0 Å². The summed E-state index contributed by atoms with van der Waals surface area (Å²) in [6, 6.07) is 19.8. The molecule has 0 saturated carbocycles. The van der Waals surface area contributed by atoms with E-state index in [0.29, 0.717) is 11.4 Å². The number of hydrogen-bond acceptors (Lipinski definition) is 3. The highest BCUT2D eigenvalue weighted by Gasteiger charge is 2.19. The van der Waals surface area contributed by atoms with Gasteiger partial charge < -0.3 is 5.32 Å². The topological polar surface area (TPSA) is 42.0 Å². The molecule has 3 nitrogen and oxygen atoms in total. The molecule has 0 aliphatic rings. The zero-order valence-corrected chi connectivity index (χ0v) is 13.8. The molecule has 1 aromatic heterocycles. The molecule has 0 spiro atoms. The highest BCUT2D eigenvalue weighted by molar-refractivity contribution is 7.17. The van der Waals surface area contributed by atoms with Crippen LogP contribution >= 0.6 is 11.3 Å². The Morgan fingerprint density at radius 1 is 1.00 bits per heavy atom. The third kappa shape index (κ3) is 3.48. The van der Waals surface area contributed by atoms with Crippen molar-refractivity contribution in [1.82, 2.24) is 10.3 Å². The molecule has 23 heavy (non-hydrogen) atoms. The van der Waals surface area contributed by atoms with Gasteiger partial charge in [-0.2, -0.15) is 0 Å². The van der Waals surface area contributed by atoms with E-state index in [1.165, 1.54) is 11.3 Å². The second-order valence-corrected chi connectivity index (χ2v) is 6.18. The van der Waals surface area contributed by atoms with Crippen molar-refractivity contribution in [3.8, 4) is 21.8 Å². The van der Waals surface area contributed by atoms with Crippen molar-refractivity contribution in [1.29, 1.82) is 0 Å². The molecule has 1 amide bonds. The second kappa shape index (κ2) is 7.20. The predicted molar refractivity (Wildman–Crippen MR) is 95.6 cm³/mol. The average Bonchev–Trinajstić information content (AvgIpc) is 3.07. The van der Waals surface area contributed by atoms with Crippen LogP contribution in [0.3, 0.4) is 0 Å². The molecule has 3 aromatic rings. The Balaban J connectivity index is 2.05. The molecule has 2 aromatic carbocycles. The number of rotatable bonds is 5.